The van der Waals surface area contributed by atoms with E-state index >= 15 is 0 Å². The molecule has 8 heteroatoms. The van der Waals surface area contributed by atoms with Gasteiger partial charge >= 0.3 is 17.9 Å². The number of nitrogens with one attached hydrogen (secondary N) is 1. The summed E-state index contributed by atoms with van der Waals surface area (Å²) in [7, 11) is 1.19. The first-order valence-corrected chi connectivity index (χ1v) is 7.09. The number of rotatable bonds is 7. The summed E-state index contributed by atoms with van der Waals surface area (Å²) in [6.07, 6.45) is -1.37. The first kappa shape index (κ1) is 19.1. The number of methoxy groups -OCH3 is 1. The van der Waals surface area contributed by atoms with Crippen LogP contribution in [-0.2, 0) is 33.4 Å². The first-order valence-electron chi connectivity index (χ1n) is 7.09. The highest BCUT2D eigenvalue weighted by atomic mass is 16.6. The predicted octanol–water partition coefficient (Wildman–Crippen LogP) is 0.512. The van der Waals surface area contributed by atoms with Crippen molar-refractivity contribution in [3.8, 4) is 0 Å². The number of carbonyl (C=O) groups is 4. The number of benzene rings is 1. The summed E-state index contributed by atoms with van der Waals surface area (Å²) in [6.45, 7) is 1.82. The van der Waals surface area contributed by atoms with Crippen LogP contribution in [0.2, 0.25) is 0 Å². The third kappa shape index (κ3) is 6.07. The Bertz CT molecular complexity index is 600. The Hall–Kier alpha value is -2.90. The average molecular weight is 337 g/mol. The van der Waals surface area contributed by atoms with Gasteiger partial charge in [-0.1, -0.05) is 30.3 Å². The van der Waals surface area contributed by atoms with E-state index in [2.05, 4.69) is 10.1 Å². The molecule has 1 aromatic rings. The molecule has 8 nitrogen and oxygen atoms in total. The van der Waals surface area contributed by atoms with Crippen LogP contribution in [0.1, 0.15) is 25.5 Å². The predicted molar refractivity (Wildman–Crippen MR) is 81.5 cm³/mol. The van der Waals surface area contributed by atoms with E-state index in [0.717, 1.165) is 13.8 Å². The molecule has 0 aliphatic heterocycles. The van der Waals surface area contributed by atoms with E-state index < -0.39 is 42.6 Å². The number of amides is 1. The van der Waals surface area contributed by atoms with Crippen LogP contribution in [0.25, 0.3) is 0 Å². The number of ether oxygens (including phenoxy) is 3. The SMILES string of the molecule is COC(=O)[C@@H](NC(=O)[C@H](COC(C)=O)OC(C)=O)c1ccccc1. The molecule has 0 spiro atoms. The van der Waals surface area contributed by atoms with Crippen LogP contribution >= 0.6 is 0 Å². The van der Waals surface area contributed by atoms with Gasteiger partial charge in [0.05, 0.1) is 7.11 Å². The Balaban J connectivity index is 2.92. The van der Waals surface area contributed by atoms with Crippen molar-refractivity contribution in [3.63, 3.8) is 0 Å². The fraction of sp³-hybridized carbons (Fsp3) is 0.375. The summed E-state index contributed by atoms with van der Waals surface area (Å²) in [4.78, 5) is 46.2. The first-order chi connectivity index (χ1) is 11.3. The zero-order valence-corrected chi connectivity index (χ0v) is 13.6. The van der Waals surface area contributed by atoms with E-state index in [4.69, 9.17) is 9.47 Å². The Morgan fingerprint density at radius 1 is 1.04 bits per heavy atom. The molecule has 130 valence electrons. The second-order valence-electron chi connectivity index (χ2n) is 4.78. The van der Waals surface area contributed by atoms with E-state index in [-0.39, 0.29) is 0 Å². The summed E-state index contributed by atoms with van der Waals surface area (Å²) < 4.78 is 14.2. The molecule has 1 rings (SSSR count). The summed E-state index contributed by atoms with van der Waals surface area (Å²) in [6, 6.07) is 7.32. The number of hydrogen-bond donors (Lipinski definition) is 1. The molecular weight excluding hydrogens is 318 g/mol. The molecule has 0 aliphatic carbocycles. The summed E-state index contributed by atoms with van der Waals surface area (Å²) >= 11 is 0. The Kier molecular flexibility index (Phi) is 7.41. The van der Waals surface area contributed by atoms with Gasteiger partial charge in [-0.3, -0.25) is 14.4 Å². The molecule has 0 aromatic heterocycles. The largest absolute Gasteiger partial charge is 0.467 e. The summed E-state index contributed by atoms with van der Waals surface area (Å²) in [5.41, 5.74) is 0.492. The molecule has 0 bridgehead atoms. The minimum atomic E-state index is -1.37. The van der Waals surface area contributed by atoms with Gasteiger partial charge in [0, 0.05) is 13.8 Å². The van der Waals surface area contributed by atoms with Gasteiger partial charge in [0.25, 0.3) is 5.91 Å². The third-order valence-electron chi connectivity index (χ3n) is 2.90. The Labute approximate surface area is 139 Å². The van der Waals surface area contributed by atoms with E-state index in [1.807, 2.05) is 0 Å². The van der Waals surface area contributed by atoms with Gasteiger partial charge in [-0.15, -0.1) is 0 Å². The number of esters is 3. The molecule has 1 aromatic carbocycles. The lowest BCUT2D eigenvalue weighted by atomic mass is 10.1. The smallest absolute Gasteiger partial charge is 0.333 e. The fourth-order valence-corrected chi connectivity index (χ4v) is 1.83. The van der Waals surface area contributed by atoms with Crippen molar-refractivity contribution in [2.45, 2.75) is 26.0 Å². The summed E-state index contributed by atoms with van der Waals surface area (Å²) in [5.74, 6) is -2.83. The summed E-state index contributed by atoms with van der Waals surface area (Å²) in [5, 5.41) is 2.43. The van der Waals surface area contributed by atoms with Crippen LogP contribution in [-0.4, -0.2) is 43.6 Å². The van der Waals surface area contributed by atoms with Crippen LogP contribution in [0.15, 0.2) is 30.3 Å². The monoisotopic (exact) mass is 337 g/mol. The van der Waals surface area contributed by atoms with Crippen molar-refractivity contribution in [2.75, 3.05) is 13.7 Å². The topological polar surface area (TPSA) is 108 Å². The van der Waals surface area contributed by atoms with Crippen LogP contribution in [0, 0.1) is 0 Å². The van der Waals surface area contributed by atoms with E-state index in [1.165, 1.54) is 7.11 Å². The lowest BCUT2D eigenvalue weighted by molar-refractivity contribution is -0.163. The molecule has 0 unspecified atom stereocenters. The molecule has 24 heavy (non-hydrogen) atoms. The maximum absolute atomic E-state index is 12.3. The van der Waals surface area contributed by atoms with E-state index in [1.54, 1.807) is 30.3 Å². The van der Waals surface area contributed by atoms with Gasteiger partial charge in [-0.05, 0) is 5.56 Å². The van der Waals surface area contributed by atoms with Gasteiger partial charge in [-0.25, -0.2) is 4.79 Å². The highest BCUT2D eigenvalue weighted by Crippen LogP contribution is 2.14. The molecule has 2 atom stereocenters. The quantitative estimate of drug-likeness (QED) is 0.570. The normalized spacial score (nSPS) is 12.5. The van der Waals surface area contributed by atoms with Crippen molar-refractivity contribution >= 4 is 23.8 Å². The van der Waals surface area contributed by atoms with Crippen molar-refractivity contribution in [1.29, 1.82) is 0 Å². The fourth-order valence-electron chi connectivity index (χ4n) is 1.83. The second kappa shape index (κ2) is 9.29. The number of carbonyl (C=O) groups excluding carboxylic acids is 4. The Morgan fingerprint density at radius 2 is 1.67 bits per heavy atom. The van der Waals surface area contributed by atoms with Crippen molar-refractivity contribution < 1.29 is 33.4 Å². The molecule has 0 heterocycles. The maximum Gasteiger partial charge on any atom is 0.333 e. The lowest BCUT2D eigenvalue weighted by Crippen LogP contribution is -2.44. The van der Waals surface area contributed by atoms with Crippen molar-refractivity contribution in [1.82, 2.24) is 5.32 Å². The molecule has 0 fully saturated rings. The Morgan fingerprint density at radius 3 is 2.17 bits per heavy atom. The van der Waals surface area contributed by atoms with Crippen LogP contribution in [0.5, 0.6) is 0 Å². The molecule has 0 radical (unpaired) electrons. The molecule has 0 saturated heterocycles. The van der Waals surface area contributed by atoms with Crippen molar-refractivity contribution in [2.24, 2.45) is 0 Å². The minimum Gasteiger partial charge on any atom is -0.467 e. The minimum absolute atomic E-state index is 0.455. The second-order valence-corrected chi connectivity index (χ2v) is 4.78. The van der Waals surface area contributed by atoms with E-state index in [0.29, 0.717) is 5.56 Å². The van der Waals surface area contributed by atoms with Gasteiger partial charge in [-0.2, -0.15) is 0 Å². The molecule has 1 N–H and O–H groups in total. The molecule has 0 aliphatic rings. The molecule has 1 amide bonds. The van der Waals surface area contributed by atoms with Crippen LogP contribution < -0.4 is 5.32 Å². The maximum atomic E-state index is 12.3. The van der Waals surface area contributed by atoms with Crippen LogP contribution in [0.3, 0.4) is 0 Å². The highest BCUT2D eigenvalue weighted by Gasteiger charge is 2.29. The standard InChI is InChI=1S/C16H19NO7/c1-10(18)23-9-13(24-11(2)19)15(20)17-14(16(21)22-3)12-7-5-4-6-8-12/h4-8,13-14H,9H2,1-3H3,(H,17,20)/t13-,14-/m0/s1. The van der Waals surface area contributed by atoms with Crippen molar-refractivity contribution in [3.05, 3.63) is 35.9 Å². The average Bonchev–Trinajstić information content (AvgIpc) is 2.55. The zero-order chi connectivity index (χ0) is 18.1. The van der Waals surface area contributed by atoms with Gasteiger partial charge in [0.15, 0.2) is 6.04 Å². The van der Waals surface area contributed by atoms with Crippen LogP contribution in [0.4, 0.5) is 0 Å². The van der Waals surface area contributed by atoms with Gasteiger partial charge in [0.1, 0.15) is 6.61 Å². The lowest BCUT2D eigenvalue weighted by Gasteiger charge is -2.21. The zero-order valence-electron chi connectivity index (χ0n) is 13.6. The number of hydrogen-bond acceptors (Lipinski definition) is 7. The van der Waals surface area contributed by atoms with Gasteiger partial charge < -0.3 is 19.5 Å². The van der Waals surface area contributed by atoms with E-state index in [9.17, 15) is 19.2 Å². The highest BCUT2D eigenvalue weighted by molar-refractivity contribution is 5.89. The molecular formula is C16H19NO7. The third-order valence-corrected chi connectivity index (χ3v) is 2.90. The molecule has 0 saturated carbocycles. The van der Waals surface area contributed by atoms with Gasteiger partial charge in [0.2, 0.25) is 6.10 Å².